The van der Waals surface area contributed by atoms with Crippen molar-refractivity contribution in [2.75, 3.05) is 32.3 Å². The van der Waals surface area contributed by atoms with Crippen LogP contribution in [0, 0.1) is 0 Å². The Bertz CT molecular complexity index is 1230. The second-order valence-corrected chi connectivity index (χ2v) is 9.46. The van der Waals surface area contributed by atoms with Crippen molar-refractivity contribution in [1.82, 2.24) is 5.32 Å². The molecule has 3 rings (SSSR count). The van der Waals surface area contributed by atoms with E-state index in [-0.39, 0.29) is 48.5 Å². The number of amides is 1. The van der Waals surface area contributed by atoms with Gasteiger partial charge in [0, 0.05) is 18.7 Å². The maximum atomic E-state index is 13.4. The van der Waals surface area contributed by atoms with E-state index in [0.717, 1.165) is 11.3 Å². The molecule has 1 amide bonds. The topological polar surface area (TPSA) is 86.3 Å². The number of halogens is 6. The Hall–Kier alpha value is -3.68. The molecule has 0 fully saturated rings. The van der Waals surface area contributed by atoms with Gasteiger partial charge in [-0.05, 0) is 55.2 Å². The molecule has 42 heavy (non-hydrogen) atoms. The summed E-state index contributed by atoms with van der Waals surface area (Å²) in [6.07, 6.45) is -9.69. The molecule has 0 aromatic heterocycles. The van der Waals surface area contributed by atoms with E-state index in [0.29, 0.717) is 24.1 Å². The highest BCUT2D eigenvalue weighted by atomic mass is 19.4. The smallest absolute Gasteiger partial charge is 0.416 e. The summed E-state index contributed by atoms with van der Waals surface area (Å²) in [5, 5.41) is 2.97. The number of fused-ring (bicyclic) bond motifs is 1. The summed E-state index contributed by atoms with van der Waals surface area (Å²) in [5.74, 6) is -0.298. The fourth-order valence-electron chi connectivity index (χ4n) is 4.58. The van der Waals surface area contributed by atoms with Crippen LogP contribution in [0.1, 0.15) is 61.4 Å². The first-order chi connectivity index (χ1) is 19.7. The Morgan fingerprint density at radius 2 is 1.50 bits per heavy atom. The van der Waals surface area contributed by atoms with E-state index in [9.17, 15) is 35.9 Å². The Balaban J connectivity index is 2.09. The number of nitrogens with one attached hydrogen (secondary N) is 1. The number of esters is 1. The summed E-state index contributed by atoms with van der Waals surface area (Å²) in [4.78, 5) is 27.4. The molecule has 0 spiro atoms. The van der Waals surface area contributed by atoms with Gasteiger partial charge < -0.3 is 24.3 Å². The van der Waals surface area contributed by atoms with Crippen molar-refractivity contribution in [3.8, 4) is 11.5 Å². The van der Waals surface area contributed by atoms with E-state index >= 15 is 0 Å². The van der Waals surface area contributed by atoms with Gasteiger partial charge in [0.25, 0.3) is 0 Å². The second-order valence-electron chi connectivity index (χ2n) is 9.46. The van der Waals surface area contributed by atoms with E-state index in [2.05, 4.69) is 5.32 Å². The lowest BCUT2D eigenvalue weighted by Crippen LogP contribution is -2.51. The van der Waals surface area contributed by atoms with Crippen molar-refractivity contribution in [2.45, 2.75) is 64.1 Å². The molecular formula is C28H32F6N2O6. The number of carbonyl (C=O) groups excluding carboxylic acids is 2. The third kappa shape index (κ3) is 7.58. The van der Waals surface area contributed by atoms with Crippen LogP contribution >= 0.6 is 0 Å². The number of anilines is 1. The van der Waals surface area contributed by atoms with Crippen LogP contribution in [-0.2, 0) is 33.2 Å². The van der Waals surface area contributed by atoms with Crippen molar-refractivity contribution in [2.24, 2.45) is 0 Å². The molecule has 1 heterocycles. The van der Waals surface area contributed by atoms with Crippen LogP contribution in [0.3, 0.4) is 0 Å². The SMILES string of the molecule is CCCCOC(=O)C1CC(NCc2cc(C(F)(F)F)cc(C(F)(F)F)c2)c2cc(OC)c(OC)cc2N1C(=O)OCC. The van der Waals surface area contributed by atoms with Gasteiger partial charge in [0.2, 0.25) is 0 Å². The van der Waals surface area contributed by atoms with Gasteiger partial charge in [0.1, 0.15) is 6.04 Å². The average Bonchev–Trinajstić information content (AvgIpc) is 2.93. The highest BCUT2D eigenvalue weighted by molar-refractivity contribution is 5.98. The van der Waals surface area contributed by atoms with Crippen LogP contribution < -0.4 is 19.7 Å². The molecule has 0 saturated heterocycles. The molecule has 0 aliphatic carbocycles. The quantitative estimate of drug-likeness (QED) is 0.184. The van der Waals surface area contributed by atoms with Crippen molar-refractivity contribution >= 4 is 17.7 Å². The van der Waals surface area contributed by atoms with Crippen molar-refractivity contribution < 1.29 is 54.9 Å². The van der Waals surface area contributed by atoms with Crippen LogP contribution in [-0.4, -0.2) is 45.5 Å². The number of unbranched alkanes of at least 4 members (excludes halogenated alkanes) is 1. The Morgan fingerprint density at radius 3 is 2.02 bits per heavy atom. The molecule has 8 nitrogen and oxygen atoms in total. The van der Waals surface area contributed by atoms with Crippen LogP contribution in [0.5, 0.6) is 11.5 Å². The zero-order valence-corrected chi connectivity index (χ0v) is 23.4. The van der Waals surface area contributed by atoms with Gasteiger partial charge in [-0.3, -0.25) is 4.90 Å². The van der Waals surface area contributed by atoms with Crippen LogP contribution in [0.4, 0.5) is 36.8 Å². The van der Waals surface area contributed by atoms with Gasteiger partial charge in [0.05, 0.1) is 44.2 Å². The molecule has 2 atom stereocenters. The molecule has 0 saturated carbocycles. The number of hydrogen-bond acceptors (Lipinski definition) is 7. The number of carbonyl (C=O) groups is 2. The first-order valence-corrected chi connectivity index (χ1v) is 13.1. The summed E-state index contributed by atoms with van der Waals surface area (Å²) in [5.41, 5.74) is -2.63. The second kappa shape index (κ2) is 13.5. The van der Waals surface area contributed by atoms with E-state index in [1.807, 2.05) is 6.92 Å². The van der Waals surface area contributed by atoms with Gasteiger partial charge in [-0.2, -0.15) is 26.3 Å². The highest BCUT2D eigenvalue weighted by Gasteiger charge is 2.43. The third-order valence-corrected chi connectivity index (χ3v) is 6.62. The van der Waals surface area contributed by atoms with E-state index in [1.165, 1.54) is 26.4 Å². The monoisotopic (exact) mass is 606 g/mol. The summed E-state index contributed by atoms with van der Waals surface area (Å²) >= 11 is 0. The number of rotatable bonds is 10. The van der Waals surface area contributed by atoms with E-state index < -0.39 is 54.2 Å². The first kappa shape index (κ1) is 32.8. The van der Waals surface area contributed by atoms with E-state index in [1.54, 1.807) is 6.92 Å². The number of methoxy groups -OCH3 is 2. The predicted molar refractivity (Wildman–Crippen MR) is 139 cm³/mol. The Morgan fingerprint density at radius 1 is 0.905 bits per heavy atom. The minimum Gasteiger partial charge on any atom is -0.493 e. The first-order valence-electron chi connectivity index (χ1n) is 13.1. The van der Waals surface area contributed by atoms with E-state index in [4.69, 9.17) is 18.9 Å². The van der Waals surface area contributed by atoms with Crippen molar-refractivity contribution in [3.63, 3.8) is 0 Å². The fraction of sp³-hybridized carbons (Fsp3) is 0.500. The van der Waals surface area contributed by atoms with Gasteiger partial charge in [0.15, 0.2) is 11.5 Å². The predicted octanol–water partition coefficient (Wildman–Crippen LogP) is 6.65. The number of nitrogens with zero attached hydrogens (tertiary/aromatic N) is 1. The summed E-state index contributed by atoms with van der Waals surface area (Å²) in [6, 6.07) is 2.20. The Labute approximate surface area is 238 Å². The zero-order valence-electron chi connectivity index (χ0n) is 23.4. The maximum absolute atomic E-state index is 13.4. The summed E-state index contributed by atoms with van der Waals surface area (Å²) < 4.78 is 102. The van der Waals surface area contributed by atoms with Crippen LogP contribution in [0.15, 0.2) is 30.3 Å². The fourth-order valence-corrected chi connectivity index (χ4v) is 4.58. The molecule has 1 aliphatic heterocycles. The molecular weight excluding hydrogens is 574 g/mol. The largest absolute Gasteiger partial charge is 0.493 e. The summed E-state index contributed by atoms with van der Waals surface area (Å²) in [7, 11) is 2.73. The summed E-state index contributed by atoms with van der Waals surface area (Å²) in [6.45, 7) is 3.13. The maximum Gasteiger partial charge on any atom is 0.416 e. The molecule has 2 unspecified atom stereocenters. The molecule has 1 aliphatic rings. The molecule has 2 aromatic carbocycles. The molecule has 2 aromatic rings. The minimum absolute atomic E-state index is 0.00563. The minimum atomic E-state index is -5.01. The number of ether oxygens (including phenoxy) is 4. The van der Waals surface area contributed by atoms with Crippen LogP contribution in [0.25, 0.3) is 0 Å². The number of hydrogen-bond donors (Lipinski definition) is 1. The lowest BCUT2D eigenvalue weighted by molar-refractivity contribution is -0.146. The lowest BCUT2D eigenvalue weighted by Gasteiger charge is -2.39. The standard InChI is InChI=1S/C28H32F6N2O6/c1-5-7-8-42-25(37)22-13-20(35-15-16-9-17(27(29,30)31)11-18(10-16)28(32,33)34)19-12-23(39-3)24(40-4)14-21(19)36(22)26(38)41-6-2/h9-12,14,20,22,35H,5-8,13,15H2,1-4H3. The number of benzene rings is 2. The zero-order chi connectivity index (χ0) is 31.2. The Kier molecular flexibility index (Phi) is 10.6. The molecule has 0 bridgehead atoms. The molecule has 14 heteroatoms. The normalized spacial score (nSPS) is 17.0. The van der Waals surface area contributed by atoms with Crippen molar-refractivity contribution in [3.05, 3.63) is 52.6 Å². The number of alkyl halides is 6. The van der Waals surface area contributed by atoms with Gasteiger partial charge >= 0.3 is 24.4 Å². The van der Waals surface area contributed by atoms with Crippen LogP contribution in [0.2, 0.25) is 0 Å². The van der Waals surface area contributed by atoms with Crippen molar-refractivity contribution in [1.29, 1.82) is 0 Å². The van der Waals surface area contributed by atoms with Gasteiger partial charge in [-0.15, -0.1) is 0 Å². The third-order valence-electron chi connectivity index (χ3n) is 6.62. The molecule has 232 valence electrons. The van der Waals surface area contributed by atoms with Gasteiger partial charge in [-0.25, -0.2) is 9.59 Å². The highest BCUT2D eigenvalue weighted by Crippen LogP contribution is 2.44. The van der Waals surface area contributed by atoms with Gasteiger partial charge in [-0.1, -0.05) is 13.3 Å². The molecule has 1 N–H and O–H groups in total. The molecule has 0 radical (unpaired) electrons. The average molecular weight is 607 g/mol. The lowest BCUT2D eigenvalue weighted by atomic mass is 9.90.